The number of carbonyl (C=O) groups excluding carboxylic acids is 2. The highest BCUT2D eigenvalue weighted by Gasteiger charge is 2.34. The van der Waals surface area contributed by atoms with Gasteiger partial charge in [-0.25, -0.2) is 4.79 Å². The molecule has 2 aliphatic carbocycles. The molecule has 134 valence electrons. The van der Waals surface area contributed by atoms with E-state index in [0.29, 0.717) is 19.0 Å². The molecule has 1 N–H and O–H groups in total. The van der Waals surface area contributed by atoms with Gasteiger partial charge in [-0.15, -0.1) is 0 Å². The molecule has 0 spiro atoms. The van der Waals surface area contributed by atoms with Crippen LogP contribution >= 0.6 is 0 Å². The number of rotatable bonds is 2. The maximum Gasteiger partial charge on any atom is 0.317 e. The Balaban J connectivity index is 1.36. The van der Waals surface area contributed by atoms with Gasteiger partial charge in [0.15, 0.2) is 0 Å². The molecule has 5 heteroatoms. The molecule has 1 atom stereocenters. The number of hydrogen-bond donors (Lipinski definition) is 1. The minimum atomic E-state index is 0.0140. The summed E-state index contributed by atoms with van der Waals surface area (Å²) in [5.74, 6) is 0.557. The first kappa shape index (κ1) is 16.4. The Hall–Kier alpha value is -2.04. The van der Waals surface area contributed by atoms with E-state index in [-0.39, 0.29) is 18.0 Å². The Morgan fingerprint density at radius 2 is 1.80 bits per heavy atom. The lowest BCUT2D eigenvalue weighted by Crippen LogP contribution is -2.43. The molecule has 25 heavy (non-hydrogen) atoms. The largest absolute Gasteiger partial charge is 0.341 e. The molecule has 5 nitrogen and oxygen atoms in total. The monoisotopic (exact) mass is 341 g/mol. The molecule has 1 unspecified atom stereocenters. The topological polar surface area (TPSA) is 52.7 Å². The fourth-order valence-corrected chi connectivity index (χ4v) is 4.16. The van der Waals surface area contributed by atoms with Crippen molar-refractivity contribution >= 4 is 11.9 Å². The molecule has 1 saturated carbocycles. The predicted octanol–water partition coefficient (Wildman–Crippen LogP) is 2.64. The highest BCUT2D eigenvalue weighted by molar-refractivity contribution is 5.81. The highest BCUT2D eigenvalue weighted by atomic mass is 16.2. The van der Waals surface area contributed by atoms with Gasteiger partial charge in [-0.1, -0.05) is 18.2 Å². The standard InChI is InChI=1S/C20H27N3O2/c1-14-4-2-5-17-16(14)8-9-18(17)21-20(25)23-11-3-10-22(12-13-23)19(24)15-6-7-15/h2,4-5,15,18H,3,6-13H2,1H3,(H,21,25). The molecule has 1 aliphatic heterocycles. The van der Waals surface area contributed by atoms with E-state index >= 15 is 0 Å². The third-order valence-electron chi connectivity index (χ3n) is 5.82. The zero-order chi connectivity index (χ0) is 17.4. The molecule has 3 aliphatic rings. The van der Waals surface area contributed by atoms with Gasteiger partial charge in [-0.3, -0.25) is 4.79 Å². The lowest BCUT2D eigenvalue weighted by Gasteiger charge is -2.24. The van der Waals surface area contributed by atoms with Gasteiger partial charge < -0.3 is 15.1 Å². The van der Waals surface area contributed by atoms with Crippen LogP contribution in [0, 0.1) is 12.8 Å². The molecule has 1 heterocycles. The fourth-order valence-electron chi connectivity index (χ4n) is 4.16. The second kappa shape index (κ2) is 6.70. The van der Waals surface area contributed by atoms with Crippen LogP contribution in [0.3, 0.4) is 0 Å². The van der Waals surface area contributed by atoms with E-state index in [2.05, 4.69) is 30.4 Å². The second-order valence-electron chi connectivity index (χ2n) is 7.62. The van der Waals surface area contributed by atoms with E-state index in [0.717, 1.165) is 45.2 Å². The van der Waals surface area contributed by atoms with Crippen LogP contribution in [0.5, 0.6) is 0 Å². The molecule has 2 fully saturated rings. The Bertz CT molecular complexity index is 684. The number of nitrogens with one attached hydrogen (secondary N) is 1. The first-order valence-corrected chi connectivity index (χ1v) is 9.56. The van der Waals surface area contributed by atoms with Crippen LogP contribution in [0.2, 0.25) is 0 Å². The van der Waals surface area contributed by atoms with Crippen LogP contribution in [0.1, 0.15) is 48.4 Å². The minimum absolute atomic E-state index is 0.0140. The third kappa shape index (κ3) is 3.37. The smallest absolute Gasteiger partial charge is 0.317 e. The molecule has 4 rings (SSSR count). The number of hydrogen-bond acceptors (Lipinski definition) is 2. The Labute approximate surface area is 149 Å². The number of amides is 3. The van der Waals surface area contributed by atoms with Crippen molar-refractivity contribution in [2.45, 2.75) is 45.1 Å². The van der Waals surface area contributed by atoms with E-state index in [9.17, 15) is 9.59 Å². The summed E-state index contributed by atoms with van der Waals surface area (Å²) in [4.78, 5) is 28.8. The van der Waals surface area contributed by atoms with Crippen molar-refractivity contribution in [3.05, 3.63) is 34.9 Å². The van der Waals surface area contributed by atoms with E-state index < -0.39 is 0 Å². The summed E-state index contributed by atoms with van der Waals surface area (Å²) in [5.41, 5.74) is 3.98. The van der Waals surface area contributed by atoms with Crippen molar-refractivity contribution < 1.29 is 9.59 Å². The summed E-state index contributed by atoms with van der Waals surface area (Å²) < 4.78 is 0. The number of urea groups is 1. The Kier molecular flexibility index (Phi) is 4.40. The maximum absolute atomic E-state index is 12.7. The average Bonchev–Trinajstić information content (AvgIpc) is 3.41. The van der Waals surface area contributed by atoms with Gasteiger partial charge >= 0.3 is 6.03 Å². The quantitative estimate of drug-likeness (QED) is 0.899. The third-order valence-corrected chi connectivity index (χ3v) is 5.82. The number of benzene rings is 1. The predicted molar refractivity (Wildman–Crippen MR) is 96.3 cm³/mol. The molecule has 1 saturated heterocycles. The van der Waals surface area contributed by atoms with Crippen molar-refractivity contribution in [3.63, 3.8) is 0 Å². The van der Waals surface area contributed by atoms with Gasteiger partial charge in [-0.05, 0) is 55.7 Å². The van der Waals surface area contributed by atoms with Crippen molar-refractivity contribution in [2.75, 3.05) is 26.2 Å². The van der Waals surface area contributed by atoms with Crippen molar-refractivity contribution in [1.82, 2.24) is 15.1 Å². The van der Waals surface area contributed by atoms with Crippen LogP contribution in [-0.4, -0.2) is 47.9 Å². The highest BCUT2D eigenvalue weighted by Crippen LogP contribution is 2.33. The lowest BCUT2D eigenvalue weighted by atomic mass is 10.0. The maximum atomic E-state index is 12.7. The zero-order valence-electron chi connectivity index (χ0n) is 15.0. The van der Waals surface area contributed by atoms with Crippen molar-refractivity contribution in [3.8, 4) is 0 Å². The number of carbonyl (C=O) groups is 2. The lowest BCUT2D eigenvalue weighted by molar-refractivity contribution is -0.132. The van der Waals surface area contributed by atoms with Gasteiger partial charge in [0, 0.05) is 32.1 Å². The number of aryl methyl sites for hydroxylation is 1. The SMILES string of the molecule is Cc1cccc2c1CCC2NC(=O)N1CCCN(C(=O)C2CC2)CC1. The second-order valence-corrected chi connectivity index (χ2v) is 7.62. The summed E-state index contributed by atoms with van der Waals surface area (Å²) in [5, 5.41) is 3.22. The summed E-state index contributed by atoms with van der Waals surface area (Å²) in [6, 6.07) is 6.49. The summed E-state index contributed by atoms with van der Waals surface area (Å²) in [7, 11) is 0. The first-order valence-electron chi connectivity index (χ1n) is 9.56. The van der Waals surface area contributed by atoms with E-state index in [1.54, 1.807) is 0 Å². The molecule has 0 bridgehead atoms. The van der Waals surface area contributed by atoms with Gasteiger partial charge in [0.25, 0.3) is 0 Å². The van der Waals surface area contributed by atoms with Crippen molar-refractivity contribution in [2.24, 2.45) is 5.92 Å². The normalized spacial score (nSPS) is 23.2. The van der Waals surface area contributed by atoms with Crippen LogP contribution in [0.4, 0.5) is 4.79 Å². The molecule has 0 radical (unpaired) electrons. The molecule has 0 aromatic heterocycles. The fraction of sp³-hybridized carbons (Fsp3) is 0.600. The van der Waals surface area contributed by atoms with Crippen LogP contribution in [0.15, 0.2) is 18.2 Å². The first-order chi connectivity index (χ1) is 12.1. The van der Waals surface area contributed by atoms with Gasteiger partial charge in [-0.2, -0.15) is 0 Å². The van der Waals surface area contributed by atoms with Crippen LogP contribution in [0.25, 0.3) is 0 Å². The summed E-state index contributed by atoms with van der Waals surface area (Å²) in [6.07, 6.45) is 4.97. The molecule has 1 aromatic rings. The van der Waals surface area contributed by atoms with E-state index in [1.807, 2.05) is 9.80 Å². The summed E-state index contributed by atoms with van der Waals surface area (Å²) >= 11 is 0. The average molecular weight is 341 g/mol. The number of nitrogens with zero attached hydrogens (tertiary/aromatic N) is 2. The Morgan fingerprint density at radius 1 is 1.04 bits per heavy atom. The van der Waals surface area contributed by atoms with Gasteiger partial charge in [0.2, 0.25) is 5.91 Å². The molecule has 1 aromatic carbocycles. The van der Waals surface area contributed by atoms with Crippen molar-refractivity contribution in [1.29, 1.82) is 0 Å². The van der Waals surface area contributed by atoms with Crippen LogP contribution < -0.4 is 5.32 Å². The zero-order valence-corrected chi connectivity index (χ0v) is 15.0. The number of fused-ring (bicyclic) bond motifs is 1. The minimum Gasteiger partial charge on any atom is -0.341 e. The van der Waals surface area contributed by atoms with Crippen LogP contribution in [-0.2, 0) is 11.2 Å². The van der Waals surface area contributed by atoms with Gasteiger partial charge in [0.05, 0.1) is 6.04 Å². The summed E-state index contributed by atoms with van der Waals surface area (Å²) in [6.45, 7) is 4.96. The molecule has 3 amide bonds. The molecular weight excluding hydrogens is 314 g/mol. The van der Waals surface area contributed by atoms with E-state index in [4.69, 9.17) is 0 Å². The Morgan fingerprint density at radius 3 is 2.60 bits per heavy atom. The van der Waals surface area contributed by atoms with Gasteiger partial charge in [0.1, 0.15) is 0 Å². The van der Waals surface area contributed by atoms with E-state index in [1.165, 1.54) is 16.7 Å². The molecular formula is C20H27N3O2.